The largest absolute Gasteiger partial charge is 0.493 e. The lowest BCUT2D eigenvalue weighted by Gasteiger charge is -2.37. The number of aliphatic hydroxyl groups excluding tert-OH is 1. The molecule has 0 radical (unpaired) electrons. The maximum atomic E-state index is 13.7. The van der Waals surface area contributed by atoms with Crippen LogP contribution >= 0.6 is 0 Å². The fourth-order valence-electron chi connectivity index (χ4n) is 2.29. The summed E-state index contributed by atoms with van der Waals surface area (Å²) in [4.78, 5) is 0. The van der Waals surface area contributed by atoms with Crippen molar-refractivity contribution in [3.63, 3.8) is 0 Å². The van der Waals surface area contributed by atoms with Crippen LogP contribution < -0.4 is 4.74 Å². The number of aliphatic hydroxyl groups is 2. The first-order valence-corrected chi connectivity index (χ1v) is 6.43. The summed E-state index contributed by atoms with van der Waals surface area (Å²) in [5.41, 5.74) is -3.41. The molecular weight excluding hydrogens is 311 g/mol. The fraction of sp³-hybridized carbons (Fsp3) is 0.571. The molecule has 0 aliphatic heterocycles. The average Bonchev–Trinajstić information content (AvgIpc) is 2.46. The number of benzene rings is 1. The van der Waals surface area contributed by atoms with Crippen LogP contribution in [0.5, 0.6) is 5.75 Å². The van der Waals surface area contributed by atoms with Crippen LogP contribution in [-0.2, 0) is 0 Å². The molecule has 1 rings (SSSR count). The highest BCUT2D eigenvalue weighted by atomic mass is 19.4. The zero-order chi connectivity index (χ0) is 17.3. The second-order valence-corrected chi connectivity index (χ2v) is 5.14. The molecule has 1 aromatic carbocycles. The molecular formula is C14H17F5O3. The lowest BCUT2D eigenvalue weighted by Crippen LogP contribution is -2.54. The van der Waals surface area contributed by atoms with E-state index in [0.717, 1.165) is 26.2 Å². The Morgan fingerprint density at radius 1 is 1.18 bits per heavy atom. The van der Waals surface area contributed by atoms with Crippen molar-refractivity contribution < 1.29 is 36.9 Å². The Hall–Kier alpha value is -1.41. The predicted molar refractivity (Wildman–Crippen MR) is 68.6 cm³/mol. The number of rotatable bonds is 5. The van der Waals surface area contributed by atoms with Crippen LogP contribution in [-0.4, -0.2) is 35.7 Å². The highest BCUT2D eigenvalue weighted by molar-refractivity contribution is 5.39. The Morgan fingerprint density at radius 2 is 1.73 bits per heavy atom. The Balaban J connectivity index is 3.32. The first-order valence-electron chi connectivity index (χ1n) is 6.43. The Kier molecular flexibility index (Phi) is 5.40. The second kappa shape index (κ2) is 6.37. The smallest absolute Gasteiger partial charge is 0.419 e. The van der Waals surface area contributed by atoms with Gasteiger partial charge in [0.2, 0.25) is 5.82 Å². The normalized spacial score (nSPS) is 17.7. The van der Waals surface area contributed by atoms with Gasteiger partial charge in [0.05, 0.1) is 13.7 Å². The number of hydrogen-bond acceptors (Lipinski definition) is 3. The van der Waals surface area contributed by atoms with Crippen molar-refractivity contribution in [2.75, 3.05) is 13.7 Å². The number of methoxy groups -OCH3 is 1. The number of hydrogen-bond donors (Lipinski definition) is 2. The zero-order valence-corrected chi connectivity index (χ0v) is 12.2. The van der Waals surface area contributed by atoms with Crippen molar-refractivity contribution >= 4 is 0 Å². The zero-order valence-electron chi connectivity index (χ0n) is 12.2. The van der Waals surface area contributed by atoms with E-state index in [2.05, 4.69) is 0 Å². The summed E-state index contributed by atoms with van der Waals surface area (Å²) in [6.45, 7) is 0.815. The maximum Gasteiger partial charge on any atom is 0.419 e. The first kappa shape index (κ1) is 18.6. The standard InChI is InChI=1S/C14H17F5O3/c1-7(8(2)13(21,6-20)14(17,18)19)9-4-5-10(15)11(16)12(9)22-3/h4-5,7-8,20-21H,6H2,1-3H3. The molecule has 8 heteroatoms. The highest BCUT2D eigenvalue weighted by Crippen LogP contribution is 2.44. The second-order valence-electron chi connectivity index (χ2n) is 5.14. The number of halogens is 5. The van der Waals surface area contributed by atoms with Gasteiger partial charge in [0.25, 0.3) is 0 Å². The average molecular weight is 328 g/mol. The van der Waals surface area contributed by atoms with Gasteiger partial charge in [-0.05, 0) is 12.0 Å². The van der Waals surface area contributed by atoms with Crippen molar-refractivity contribution in [1.82, 2.24) is 0 Å². The van der Waals surface area contributed by atoms with Crippen LogP contribution in [0.2, 0.25) is 0 Å². The Bertz CT molecular complexity index is 532. The molecule has 0 spiro atoms. The van der Waals surface area contributed by atoms with E-state index in [1.165, 1.54) is 6.92 Å². The number of ether oxygens (including phenoxy) is 1. The molecule has 0 saturated heterocycles. The summed E-state index contributed by atoms with van der Waals surface area (Å²) < 4.78 is 70.5. The van der Waals surface area contributed by atoms with Gasteiger partial charge >= 0.3 is 6.18 Å². The molecule has 3 unspecified atom stereocenters. The summed E-state index contributed by atoms with van der Waals surface area (Å²) in [6, 6.07) is 1.86. The van der Waals surface area contributed by atoms with E-state index < -0.39 is 47.6 Å². The molecule has 126 valence electrons. The molecule has 0 fully saturated rings. The van der Waals surface area contributed by atoms with Gasteiger partial charge in [-0.25, -0.2) is 4.39 Å². The summed E-state index contributed by atoms with van der Waals surface area (Å²) in [7, 11) is 1.06. The lowest BCUT2D eigenvalue weighted by molar-refractivity contribution is -0.290. The van der Waals surface area contributed by atoms with Crippen molar-refractivity contribution in [2.24, 2.45) is 5.92 Å². The van der Waals surface area contributed by atoms with Crippen molar-refractivity contribution in [3.8, 4) is 5.75 Å². The van der Waals surface area contributed by atoms with Gasteiger partial charge in [-0.2, -0.15) is 17.6 Å². The molecule has 0 aromatic heterocycles. The minimum atomic E-state index is -5.08. The SMILES string of the molecule is COc1c(C(C)C(C)C(O)(CO)C(F)(F)F)ccc(F)c1F. The van der Waals surface area contributed by atoms with Crippen molar-refractivity contribution in [2.45, 2.75) is 31.5 Å². The molecule has 3 atom stereocenters. The third-order valence-corrected chi connectivity index (χ3v) is 4.01. The molecule has 0 bridgehead atoms. The van der Waals surface area contributed by atoms with Gasteiger partial charge in [0.1, 0.15) is 0 Å². The van der Waals surface area contributed by atoms with E-state index in [0.29, 0.717) is 0 Å². The maximum absolute atomic E-state index is 13.7. The molecule has 0 heterocycles. The van der Waals surface area contributed by atoms with E-state index in [1.54, 1.807) is 0 Å². The fourth-order valence-corrected chi connectivity index (χ4v) is 2.29. The quantitative estimate of drug-likeness (QED) is 0.817. The van der Waals surface area contributed by atoms with Crippen LogP contribution in [0.4, 0.5) is 22.0 Å². The lowest BCUT2D eigenvalue weighted by atomic mass is 9.76. The van der Waals surface area contributed by atoms with Crippen molar-refractivity contribution in [3.05, 3.63) is 29.3 Å². The van der Waals surface area contributed by atoms with Crippen LogP contribution in [0.3, 0.4) is 0 Å². The van der Waals surface area contributed by atoms with Gasteiger partial charge in [-0.15, -0.1) is 0 Å². The molecule has 22 heavy (non-hydrogen) atoms. The third-order valence-electron chi connectivity index (χ3n) is 4.01. The van der Waals surface area contributed by atoms with Crippen molar-refractivity contribution in [1.29, 1.82) is 0 Å². The minimum Gasteiger partial charge on any atom is -0.493 e. The molecule has 0 saturated carbocycles. The van der Waals surface area contributed by atoms with E-state index in [4.69, 9.17) is 9.84 Å². The van der Waals surface area contributed by atoms with Gasteiger partial charge < -0.3 is 14.9 Å². The van der Waals surface area contributed by atoms with Gasteiger partial charge in [-0.3, -0.25) is 0 Å². The Morgan fingerprint density at radius 3 is 2.14 bits per heavy atom. The van der Waals surface area contributed by atoms with Crippen LogP contribution in [0.15, 0.2) is 12.1 Å². The molecule has 0 aliphatic carbocycles. The highest BCUT2D eigenvalue weighted by Gasteiger charge is 2.58. The van der Waals surface area contributed by atoms with E-state index in [9.17, 15) is 27.1 Å². The van der Waals surface area contributed by atoms with Gasteiger partial charge in [-0.1, -0.05) is 19.9 Å². The van der Waals surface area contributed by atoms with Crippen LogP contribution in [0.25, 0.3) is 0 Å². The molecule has 0 aliphatic rings. The molecule has 3 nitrogen and oxygen atoms in total. The van der Waals surface area contributed by atoms with Crippen LogP contribution in [0, 0.1) is 17.6 Å². The van der Waals surface area contributed by atoms with Gasteiger partial charge in [0, 0.05) is 11.5 Å². The van der Waals surface area contributed by atoms with Gasteiger partial charge in [0.15, 0.2) is 17.2 Å². The minimum absolute atomic E-state index is 0.0370. The summed E-state index contributed by atoms with van der Waals surface area (Å²) in [6.07, 6.45) is -5.08. The molecule has 1 aromatic rings. The van der Waals surface area contributed by atoms with Crippen LogP contribution in [0.1, 0.15) is 25.3 Å². The summed E-state index contributed by atoms with van der Waals surface area (Å²) >= 11 is 0. The number of alkyl halides is 3. The molecule has 0 amide bonds. The first-order chi connectivity index (χ1) is 10.0. The predicted octanol–water partition coefficient (Wildman–Crippen LogP) is 3.00. The van der Waals surface area contributed by atoms with E-state index in [-0.39, 0.29) is 5.56 Å². The Labute approximate surface area is 124 Å². The van der Waals surface area contributed by atoms with E-state index in [1.807, 2.05) is 0 Å². The monoisotopic (exact) mass is 328 g/mol. The summed E-state index contributed by atoms with van der Waals surface area (Å²) in [5, 5.41) is 18.7. The third kappa shape index (κ3) is 3.03. The molecule has 2 N–H and O–H groups in total. The summed E-state index contributed by atoms with van der Waals surface area (Å²) in [5.74, 6) is -5.64. The topological polar surface area (TPSA) is 49.7 Å². The van der Waals surface area contributed by atoms with E-state index >= 15 is 0 Å².